The zero-order chi connectivity index (χ0) is 27.1. The Morgan fingerprint density at radius 3 is 2.74 bits per heavy atom. The predicted molar refractivity (Wildman–Crippen MR) is 151 cm³/mol. The van der Waals surface area contributed by atoms with Crippen LogP contribution in [0.5, 0.6) is 0 Å². The van der Waals surface area contributed by atoms with E-state index in [1.807, 2.05) is 23.9 Å². The summed E-state index contributed by atoms with van der Waals surface area (Å²) in [6, 6.07) is 13.8. The number of aryl methyl sites for hydroxylation is 1. The first-order chi connectivity index (χ1) is 18.4. The Bertz CT molecular complexity index is 1500. The van der Waals surface area contributed by atoms with E-state index in [1.165, 1.54) is 32.3 Å². The van der Waals surface area contributed by atoms with Gasteiger partial charge >= 0.3 is 0 Å². The minimum absolute atomic E-state index is 0.00547. The van der Waals surface area contributed by atoms with E-state index in [-0.39, 0.29) is 17.2 Å². The molecule has 0 saturated heterocycles. The number of nitro groups is 1. The molecule has 0 aliphatic heterocycles. The Morgan fingerprint density at radius 1 is 1.24 bits per heavy atom. The smallest absolute Gasteiger partial charge is 0.270 e. The number of aliphatic hydroxyl groups excluding tert-OH is 1. The second-order valence-corrected chi connectivity index (χ2v) is 10.3. The summed E-state index contributed by atoms with van der Waals surface area (Å²) in [5, 5.41) is 27.3. The van der Waals surface area contributed by atoms with Crippen molar-refractivity contribution in [3.63, 3.8) is 0 Å². The van der Waals surface area contributed by atoms with Crippen LogP contribution in [0.25, 0.3) is 22.7 Å². The quantitative estimate of drug-likeness (QED) is 0.116. The summed E-state index contributed by atoms with van der Waals surface area (Å²) in [5.41, 5.74) is 4.79. The molecule has 8 nitrogen and oxygen atoms in total. The number of unbranched alkanes of at least 4 members (excludes halogenated alkanes) is 2. The van der Waals surface area contributed by atoms with E-state index >= 15 is 0 Å². The highest BCUT2D eigenvalue weighted by Gasteiger charge is 2.25. The van der Waals surface area contributed by atoms with E-state index in [2.05, 4.69) is 22.4 Å². The minimum atomic E-state index is -1.18. The van der Waals surface area contributed by atoms with Crippen molar-refractivity contribution in [1.29, 1.82) is 0 Å². The molecule has 4 rings (SSSR count). The van der Waals surface area contributed by atoms with Crippen LogP contribution in [-0.4, -0.2) is 43.9 Å². The van der Waals surface area contributed by atoms with Crippen LogP contribution in [0.4, 0.5) is 5.69 Å². The van der Waals surface area contributed by atoms with Gasteiger partial charge < -0.3 is 14.5 Å². The monoisotopic (exact) mass is 533 g/mol. The highest BCUT2D eigenvalue weighted by Crippen LogP contribution is 2.20. The number of carbonyl (C=O) groups is 1. The molecule has 1 aromatic heterocycles. The molecule has 0 radical (unpaired) electrons. The Balaban J connectivity index is 1.74. The van der Waals surface area contributed by atoms with Gasteiger partial charge in [0.25, 0.3) is 5.69 Å². The first kappa shape index (κ1) is 27.4. The Morgan fingerprint density at radius 2 is 2.03 bits per heavy atom. The van der Waals surface area contributed by atoms with Crippen LogP contribution in [0.1, 0.15) is 38.7 Å². The van der Waals surface area contributed by atoms with Crippen molar-refractivity contribution in [3.05, 3.63) is 80.9 Å². The van der Waals surface area contributed by atoms with Crippen LogP contribution in [0.15, 0.2) is 59.8 Å². The second-order valence-electron chi connectivity index (χ2n) is 9.07. The third kappa shape index (κ3) is 6.25. The maximum Gasteiger partial charge on any atom is 0.270 e. The lowest BCUT2D eigenvalue weighted by molar-refractivity contribution is -0.384. The predicted octanol–water partition coefficient (Wildman–Crippen LogP) is 4.15. The maximum atomic E-state index is 13.6. The van der Waals surface area contributed by atoms with E-state index in [9.17, 15) is 20.0 Å². The fraction of sp³-hybridized carbons (Fsp3) is 0.345. The number of thioether (sulfide) groups is 1. The minimum Gasteiger partial charge on any atom is -0.363 e. The number of hydrogen-bond donors (Lipinski definition) is 1. The van der Waals surface area contributed by atoms with Gasteiger partial charge in [-0.15, -0.1) is 0 Å². The van der Waals surface area contributed by atoms with E-state index in [0.29, 0.717) is 10.9 Å². The van der Waals surface area contributed by atoms with Gasteiger partial charge in [0.1, 0.15) is 0 Å². The first-order valence-corrected chi connectivity index (χ1v) is 13.9. The number of Topliss-reactive ketones (excluding diaryl/α,β-unsaturated/α-hetero) is 1. The lowest BCUT2D eigenvalue weighted by Gasteiger charge is -2.12. The van der Waals surface area contributed by atoms with E-state index in [0.717, 1.165) is 34.1 Å². The number of ketones is 1. The van der Waals surface area contributed by atoms with Gasteiger partial charge in [-0.3, -0.25) is 14.9 Å². The topological polar surface area (TPSA) is 107 Å². The van der Waals surface area contributed by atoms with E-state index < -0.39 is 17.1 Å². The van der Waals surface area contributed by atoms with Gasteiger partial charge in [0.2, 0.25) is 6.29 Å². The lowest BCUT2D eigenvalue weighted by Crippen LogP contribution is -2.34. The van der Waals surface area contributed by atoms with Crippen molar-refractivity contribution in [2.75, 3.05) is 11.5 Å². The molecule has 0 bridgehead atoms. The number of carbonyl (C=O) groups excluding carboxylic acids is 1. The zero-order valence-corrected chi connectivity index (χ0v) is 22.3. The number of non-ortho nitro benzene ring substituents is 1. The Hall–Kier alpha value is -3.65. The van der Waals surface area contributed by atoms with Crippen molar-refractivity contribution in [2.24, 2.45) is 11.1 Å². The van der Waals surface area contributed by atoms with Gasteiger partial charge in [-0.1, -0.05) is 67.1 Å². The molecule has 9 heteroatoms. The number of nitro benzene ring substituents is 1. The van der Waals surface area contributed by atoms with Crippen molar-refractivity contribution < 1.29 is 19.7 Å². The number of hydrogen-bond acceptors (Lipinski definition) is 7. The number of allylic oxidation sites excluding steroid dienone is 1. The van der Waals surface area contributed by atoms with Gasteiger partial charge in [0.15, 0.2) is 11.5 Å². The van der Waals surface area contributed by atoms with Crippen molar-refractivity contribution in [2.45, 2.75) is 45.9 Å². The lowest BCUT2D eigenvalue weighted by atomic mass is 9.93. The van der Waals surface area contributed by atoms with Crippen LogP contribution < -0.4 is 10.6 Å². The summed E-state index contributed by atoms with van der Waals surface area (Å²) in [5.74, 6) is 0.968. The molecule has 198 valence electrons. The SMILES string of the molecule is CCCCCSCCn1c2c(c3cc([N+](=O)[O-])ccc31)=CC(C(=O)/C(=N/OC(C)O)c1ccccc1)C=C=2. The highest BCUT2D eigenvalue weighted by atomic mass is 32.2. The van der Waals surface area contributed by atoms with Gasteiger partial charge in [-0.25, -0.2) is 0 Å². The Labute approximate surface area is 225 Å². The molecule has 0 amide bonds. The molecule has 0 saturated carbocycles. The van der Waals surface area contributed by atoms with Crippen molar-refractivity contribution >= 4 is 51.7 Å². The largest absolute Gasteiger partial charge is 0.363 e. The number of fused-ring (bicyclic) bond motifs is 3. The summed E-state index contributed by atoms with van der Waals surface area (Å²) < 4.78 is 2.12. The summed E-state index contributed by atoms with van der Waals surface area (Å²) in [4.78, 5) is 29.8. The molecule has 2 aromatic carbocycles. The van der Waals surface area contributed by atoms with Gasteiger partial charge in [0.05, 0.1) is 21.7 Å². The fourth-order valence-corrected chi connectivity index (χ4v) is 5.35. The standard InChI is InChI=1S/C29H31N3O5S/c1-3-4-8-16-38-17-15-31-26-13-11-22(18-24(26)25-19-23(32(35)36)12-14-27(25)31)29(34)28(30-37-20(2)33)21-9-6-5-7-10-21/h5-7,9-12,14,18-20,22,33H,3-4,8,15-17H2,1-2H3/b30-28+. The maximum absolute atomic E-state index is 13.6. The molecular weight excluding hydrogens is 502 g/mol. The van der Waals surface area contributed by atoms with Crippen LogP contribution in [-0.2, 0) is 16.2 Å². The summed E-state index contributed by atoms with van der Waals surface area (Å²) in [6.45, 7) is 4.33. The average molecular weight is 534 g/mol. The van der Waals surface area contributed by atoms with Gasteiger partial charge in [0, 0.05) is 47.5 Å². The van der Waals surface area contributed by atoms with Crippen LogP contribution in [0.2, 0.25) is 0 Å². The molecule has 2 atom stereocenters. The number of benzene rings is 2. The zero-order valence-electron chi connectivity index (χ0n) is 21.5. The number of nitrogens with zero attached hydrogens (tertiary/aromatic N) is 3. The summed E-state index contributed by atoms with van der Waals surface area (Å²) in [6.07, 6.45) is 5.92. The van der Waals surface area contributed by atoms with Crippen LogP contribution in [0, 0.1) is 16.0 Å². The van der Waals surface area contributed by atoms with Crippen LogP contribution >= 0.6 is 11.8 Å². The molecule has 0 fully saturated rings. The molecule has 38 heavy (non-hydrogen) atoms. The molecule has 1 aliphatic carbocycles. The van der Waals surface area contributed by atoms with Crippen LogP contribution in [0.3, 0.4) is 0 Å². The summed E-state index contributed by atoms with van der Waals surface area (Å²) in [7, 11) is 0. The molecule has 1 aliphatic rings. The van der Waals surface area contributed by atoms with Gasteiger partial charge in [-0.05, 0) is 24.3 Å². The molecule has 1 heterocycles. The number of oxime groups is 1. The second kappa shape index (κ2) is 12.7. The van der Waals surface area contributed by atoms with Crippen molar-refractivity contribution in [1.82, 2.24) is 4.57 Å². The molecule has 1 N–H and O–H groups in total. The number of aromatic nitrogens is 1. The number of rotatable bonds is 13. The van der Waals surface area contributed by atoms with Crippen molar-refractivity contribution in [3.8, 4) is 0 Å². The summed E-state index contributed by atoms with van der Waals surface area (Å²) >= 11 is 1.89. The third-order valence-electron chi connectivity index (χ3n) is 6.27. The highest BCUT2D eigenvalue weighted by molar-refractivity contribution is 7.99. The Kier molecular flexibility index (Phi) is 9.18. The van der Waals surface area contributed by atoms with E-state index in [1.54, 1.807) is 42.5 Å². The first-order valence-electron chi connectivity index (χ1n) is 12.7. The molecular formula is C29H31N3O5S. The molecule has 0 spiro atoms. The van der Waals surface area contributed by atoms with E-state index in [4.69, 9.17) is 4.84 Å². The molecule has 2 unspecified atom stereocenters. The normalized spacial score (nSPS) is 15.4. The fourth-order valence-electron chi connectivity index (χ4n) is 4.42. The molecule has 3 aromatic rings. The van der Waals surface area contributed by atoms with Gasteiger partial charge in [-0.2, -0.15) is 11.8 Å². The number of aliphatic hydroxyl groups is 1. The third-order valence-corrected chi connectivity index (χ3v) is 7.32. The average Bonchev–Trinajstić information content (AvgIpc) is 3.23.